The number of imide groups is 2. The van der Waals surface area contributed by atoms with Crippen LogP contribution in [0.25, 0.3) is 17.0 Å². The second kappa shape index (κ2) is 7.11. The molecule has 0 atom stereocenters. The van der Waals surface area contributed by atoms with Crippen LogP contribution in [0.2, 0.25) is 0 Å². The van der Waals surface area contributed by atoms with E-state index in [1.54, 1.807) is 37.4 Å². The fourth-order valence-electron chi connectivity index (χ4n) is 3.57. The smallest absolute Gasteiger partial charge is 0.287 e. The molecule has 1 aliphatic heterocycles. The Bertz CT molecular complexity index is 1280. The highest BCUT2D eigenvalue weighted by atomic mass is 16.2. The number of urea groups is 1. The summed E-state index contributed by atoms with van der Waals surface area (Å²) in [6.07, 6.45) is 3.00. The van der Waals surface area contributed by atoms with E-state index in [9.17, 15) is 19.2 Å². The lowest BCUT2D eigenvalue weighted by Crippen LogP contribution is -2.54. The molecule has 1 N–H and O–H groups in total. The van der Waals surface area contributed by atoms with Crippen molar-refractivity contribution in [2.45, 2.75) is 20.8 Å². The van der Waals surface area contributed by atoms with Gasteiger partial charge in [0.15, 0.2) is 0 Å². The molecule has 0 aliphatic carbocycles. The minimum absolute atomic E-state index is 0.179. The minimum atomic E-state index is -0.790. The zero-order chi connectivity index (χ0) is 21.6. The SMILES string of the molecule is CC(=O)n1cc(/C=C2/C(=O)NC(=O)N(c3cc(C)ccc3C)C2=O)c2ccccc21. The summed E-state index contributed by atoms with van der Waals surface area (Å²) in [5, 5.41) is 2.96. The highest BCUT2D eigenvalue weighted by Gasteiger charge is 2.37. The number of nitrogens with one attached hydrogen (secondary N) is 1. The summed E-state index contributed by atoms with van der Waals surface area (Å²) in [6, 6.07) is 11.8. The number of para-hydroxylation sites is 1. The fraction of sp³-hybridized carbons (Fsp3) is 0.130. The average molecular weight is 401 g/mol. The van der Waals surface area contributed by atoms with Crippen molar-refractivity contribution in [1.29, 1.82) is 0 Å². The van der Waals surface area contributed by atoms with Crippen LogP contribution in [0.1, 0.15) is 28.4 Å². The Labute approximate surface area is 172 Å². The normalized spacial score (nSPS) is 15.8. The quantitative estimate of drug-likeness (QED) is 0.525. The number of hydrogen-bond donors (Lipinski definition) is 1. The Morgan fingerprint density at radius 2 is 1.77 bits per heavy atom. The van der Waals surface area contributed by atoms with Crippen molar-refractivity contribution in [3.8, 4) is 0 Å². The zero-order valence-electron chi connectivity index (χ0n) is 16.7. The Morgan fingerprint density at radius 3 is 2.50 bits per heavy atom. The van der Waals surface area contributed by atoms with Crippen LogP contribution >= 0.6 is 0 Å². The fourth-order valence-corrected chi connectivity index (χ4v) is 3.57. The molecule has 0 saturated carbocycles. The molecular weight excluding hydrogens is 382 g/mol. The van der Waals surface area contributed by atoms with E-state index in [2.05, 4.69) is 5.32 Å². The van der Waals surface area contributed by atoms with Gasteiger partial charge >= 0.3 is 6.03 Å². The summed E-state index contributed by atoms with van der Waals surface area (Å²) in [6.45, 7) is 5.08. The van der Waals surface area contributed by atoms with Crippen molar-refractivity contribution in [3.63, 3.8) is 0 Å². The number of aryl methyl sites for hydroxylation is 2. The Hall–Kier alpha value is -4.00. The van der Waals surface area contributed by atoms with Crippen LogP contribution in [0.15, 0.2) is 54.2 Å². The van der Waals surface area contributed by atoms with E-state index in [4.69, 9.17) is 0 Å². The molecule has 4 amide bonds. The molecule has 0 unspecified atom stereocenters. The van der Waals surface area contributed by atoms with Gasteiger partial charge in [-0.25, -0.2) is 9.69 Å². The molecule has 1 saturated heterocycles. The molecule has 0 spiro atoms. The first kappa shape index (κ1) is 19.3. The molecule has 2 heterocycles. The molecule has 4 rings (SSSR count). The first-order valence-corrected chi connectivity index (χ1v) is 9.37. The third-order valence-corrected chi connectivity index (χ3v) is 5.09. The van der Waals surface area contributed by atoms with Gasteiger partial charge in [0.1, 0.15) is 5.57 Å². The second-order valence-electron chi connectivity index (χ2n) is 7.24. The second-order valence-corrected chi connectivity index (χ2v) is 7.24. The topological polar surface area (TPSA) is 88.5 Å². The predicted molar refractivity (Wildman–Crippen MR) is 113 cm³/mol. The van der Waals surface area contributed by atoms with Crippen LogP contribution in [-0.4, -0.2) is 28.3 Å². The van der Waals surface area contributed by atoms with E-state index in [0.717, 1.165) is 21.4 Å². The Morgan fingerprint density at radius 1 is 1.03 bits per heavy atom. The molecule has 7 heteroatoms. The largest absolute Gasteiger partial charge is 0.335 e. The molecule has 0 bridgehead atoms. The summed E-state index contributed by atoms with van der Waals surface area (Å²) in [5.74, 6) is -1.68. The lowest BCUT2D eigenvalue weighted by molar-refractivity contribution is -0.122. The van der Waals surface area contributed by atoms with Crippen molar-refractivity contribution < 1.29 is 19.2 Å². The molecule has 1 aliphatic rings. The number of barbiturate groups is 1. The summed E-state index contributed by atoms with van der Waals surface area (Å²) in [5.41, 5.74) is 3.05. The number of anilines is 1. The summed E-state index contributed by atoms with van der Waals surface area (Å²) in [7, 11) is 0. The first-order chi connectivity index (χ1) is 14.3. The number of nitrogens with zero attached hydrogens (tertiary/aromatic N) is 2. The highest BCUT2D eigenvalue weighted by Crippen LogP contribution is 2.28. The van der Waals surface area contributed by atoms with Gasteiger partial charge in [-0.3, -0.25) is 24.3 Å². The van der Waals surface area contributed by atoms with Crippen LogP contribution in [0.3, 0.4) is 0 Å². The molecule has 3 aromatic rings. The van der Waals surface area contributed by atoms with Crippen LogP contribution < -0.4 is 10.2 Å². The van der Waals surface area contributed by atoms with Crippen LogP contribution in [0, 0.1) is 13.8 Å². The first-order valence-electron chi connectivity index (χ1n) is 9.37. The van der Waals surface area contributed by atoms with E-state index >= 15 is 0 Å². The molecule has 0 radical (unpaired) electrons. The number of hydrogen-bond acceptors (Lipinski definition) is 4. The maximum atomic E-state index is 13.2. The molecule has 1 aromatic heterocycles. The van der Waals surface area contributed by atoms with Crippen molar-refractivity contribution >= 4 is 46.4 Å². The maximum Gasteiger partial charge on any atom is 0.335 e. The number of rotatable bonds is 2. The lowest BCUT2D eigenvalue weighted by atomic mass is 10.0. The van der Waals surface area contributed by atoms with Gasteiger partial charge in [0.2, 0.25) is 5.91 Å². The average Bonchev–Trinajstić information content (AvgIpc) is 3.06. The number of carbonyl (C=O) groups is 4. The lowest BCUT2D eigenvalue weighted by Gasteiger charge is -2.27. The van der Waals surface area contributed by atoms with E-state index in [1.807, 2.05) is 25.1 Å². The van der Waals surface area contributed by atoms with E-state index in [-0.39, 0.29) is 11.5 Å². The van der Waals surface area contributed by atoms with E-state index < -0.39 is 17.8 Å². The highest BCUT2D eigenvalue weighted by molar-refractivity contribution is 6.39. The van der Waals surface area contributed by atoms with Gasteiger partial charge in [0.05, 0.1) is 11.2 Å². The van der Waals surface area contributed by atoms with Gasteiger partial charge in [0.25, 0.3) is 11.8 Å². The van der Waals surface area contributed by atoms with Gasteiger partial charge in [-0.2, -0.15) is 0 Å². The van der Waals surface area contributed by atoms with Crippen molar-refractivity contribution in [2.24, 2.45) is 0 Å². The van der Waals surface area contributed by atoms with E-state index in [0.29, 0.717) is 16.8 Å². The molecule has 1 fully saturated rings. The molecular formula is C23H19N3O4. The van der Waals surface area contributed by atoms with Gasteiger partial charge in [-0.1, -0.05) is 30.3 Å². The molecule has 30 heavy (non-hydrogen) atoms. The molecule has 7 nitrogen and oxygen atoms in total. The Kier molecular flexibility index (Phi) is 4.58. The van der Waals surface area contributed by atoms with Crippen LogP contribution in [-0.2, 0) is 9.59 Å². The summed E-state index contributed by atoms with van der Waals surface area (Å²) < 4.78 is 1.46. The number of benzene rings is 2. The van der Waals surface area contributed by atoms with Gasteiger partial charge < -0.3 is 0 Å². The van der Waals surface area contributed by atoms with Gasteiger partial charge in [0, 0.05) is 24.1 Å². The molecule has 2 aromatic carbocycles. The number of aromatic nitrogens is 1. The number of carbonyl (C=O) groups excluding carboxylic acids is 4. The summed E-state index contributed by atoms with van der Waals surface area (Å²) >= 11 is 0. The van der Waals surface area contributed by atoms with E-state index in [1.165, 1.54) is 17.6 Å². The minimum Gasteiger partial charge on any atom is -0.287 e. The standard InChI is InChI=1S/C23H19N3O4/c1-13-8-9-14(2)20(10-13)26-22(29)18(21(28)24-23(26)30)11-16-12-25(15(3)27)19-7-5-4-6-17(16)19/h4-12H,1-3H3,(H,24,28,30)/b18-11-. The number of amides is 4. The molecule has 150 valence electrons. The van der Waals surface area contributed by atoms with Crippen LogP contribution in [0.4, 0.5) is 10.5 Å². The van der Waals surface area contributed by atoms with Crippen molar-refractivity contribution in [2.75, 3.05) is 4.90 Å². The third-order valence-electron chi connectivity index (χ3n) is 5.09. The zero-order valence-corrected chi connectivity index (χ0v) is 16.7. The maximum absolute atomic E-state index is 13.2. The Balaban J connectivity index is 1.86. The van der Waals surface area contributed by atoms with Crippen molar-refractivity contribution in [1.82, 2.24) is 9.88 Å². The van der Waals surface area contributed by atoms with Gasteiger partial charge in [-0.15, -0.1) is 0 Å². The van der Waals surface area contributed by atoms with Crippen LogP contribution in [0.5, 0.6) is 0 Å². The predicted octanol–water partition coefficient (Wildman–Crippen LogP) is 3.58. The third kappa shape index (κ3) is 3.10. The monoisotopic (exact) mass is 401 g/mol. The van der Waals surface area contributed by atoms with Gasteiger partial charge in [-0.05, 0) is 43.2 Å². The summed E-state index contributed by atoms with van der Waals surface area (Å²) in [4.78, 5) is 51.1. The van der Waals surface area contributed by atoms with Crippen molar-refractivity contribution in [3.05, 3.63) is 70.9 Å². The number of fused-ring (bicyclic) bond motifs is 1.